The zero-order valence-electron chi connectivity index (χ0n) is 13.8. The van der Waals surface area contributed by atoms with E-state index in [4.69, 9.17) is 4.74 Å². The van der Waals surface area contributed by atoms with E-state index < -0.39 is 5.60 Å². The van der Waals surface area contributed by atoms with Gasteiger partial charge in [-0.25, -0.2) is 0 Å². The molecule has 0 spiro atoms. The Labute approximate surface area is 133 Å². The molecule has 3 heteroatoms. The highest BCUT2D eigenvalue weighted by Crippen LogP contribution is 2.37. The molecule has 0 unspecified atom stereocenters. The molecule has 0 aliphatic heterocycles. The third-order valence-corrected chi connectivity index (χ3v) is 4.10. The van der Waals surface area contributed by atoms with Gasteiger partial charge in [-0.3, -0.25) is 0 Å². The highest BCUT2D eigenvalue weighted by atomic mass is 16.5. The zero-order valence-corrected chi connectivity index (χ0v) is 13.8. The summed E-state index contributed by atoms with van der Waals surface area (Å²) in [5, 5.41) is 11.6. The summed E-state index contributed by atoms with van der Waals surface area (Å²) < 4.78 is 5.22. The van der Waals surface area contributed by atoms with Crippen molar-refractivity contribution in [2.45, 2.75) is 12.5 Å². The van der Waals surface area contributed by atoms with Crippen LogP contribution in [0.15, 0.2) is 54.6 Å². The van der Waals surface area contributed by atoms with E-state index in [1.54, 1.807) is 7.11 Å². The van der Waals surface area contributed by atoms with Crippen LogP contribution >= 0.6 is 0 Å². The first-order valence-corrected chi connectivity index (χ1v) is 7.55. The molecule has 0 amide bonds. The monoisotopic (exact) mass is 299 g/mol. The van der Waals surface area contributed by atoms with Crippen molar-refractivity contribution in [3.8, 4) is 5.75 Å². The van der Waals surface area contributed by atoms with Crippen LogP contribution in [0.3, 0.4) is 0 Å². The number of rotatable bonds is 6. The topological polar surface area (TPSA) is 32.7 Å². The molecule has 2 rings (SSSR count). The molecule has 0 saturated carbocycles. The van der Waals surface area contributed by atoms with Crippen LogP contribution in [-0.4, -0.2) is 37.8 Å². The van der Waals surface area contributed by atoms with Crippen LogP contribution in [0.2, 0.25) is 0 Å². The first kappa shape index (κ1) is 16.5. The van der Waals surface area contributed by atoms with Crippen molar-refractivity contribution in [2.75, 3.05) is 27.7 Å². The number of ether oxygens (including phenoxy) is 1. The van der Waals surface area contributed by atoms with Crippen molar-refractivity contribution in [2.24, 2.45) is 5.92 Å². The van der Waals surface area contributed by atoms with E-state index in [9.17, 15) is 5.11 Å². The third kappa shape index (κ3) is 3.32. The summed E-state index contributed by atoms with van der Waals surface area (Å²) in [6, 6.07) is 17.5. The molecule has 0 saturated heterocycles. The van der Waals surface area contributed by atoms with Crippen LogP contribution in [0.25, 0.3) is 0 Å². The summed E-state index contributed by atoms with van der Waals surface area (Å²) in [5.41, 5.74) is 0.765. The van der Waals surface area contributed by atoms with Crippen molar-refractivity contribution >= 4 is 0 Å². The maximum Gasteiger partial charge on any atom is 0.118 e. The summed E-state index contributed by atoms with van der Waals surface area (Å²) in [7, 11) is 5.69. The normalized spacial score (nSPS) is 15.4. The first-order chi connectivity index (χ1) is 10.5. The molecule has 2 aromatic carbocycles. The quantitative estimate of drug-likeness (QED) is 0.889. The minimum absolute atomic E-state index is 0.0401. The minimum Gasteiger partial charge on any atom is -0.497 e. The lowest BCUT2D eigenvalue weighted by Gasteiger charge is -2.37. The Morgan fingerprint density at radius 2 is 1.55 bits per heavy atom. The molecule has 22 heavy (non-hydrogen) atoms. The van der Waals surface area contributed by atoms with Crippen LogP contribution < -0.4 is 4.74 Å². The predicted molar refractivity (Wildman–Crippen MR) is 90.2 cm³/mol. The van der Waals surface area contributed by atoms with Gasteiger partial charge in [-0.2, -0.15) is 0 Å². The van der Waals surface area contributed by atoms with Gasteiger partial charge in [0.2, 0.25) is 0 Å². The van der Waals surface area contributed by atoms with Crippen LogP contribution in [0.5, 0.6) is 5.75 Å². The van der Waals surface area contributed by atoms with Gasteiger partial charge in [-0.15, -0.1) is 0 Å². The van der Waals surface area contributed by atoms with Gasteiger partial charge in [-0.1, -0.05) is 49.4 Å². The van der Waals surface area contributed by atoms with Gasteiger partial charge < -0.3 is 14.7 Å². The molecule has 0 heterocycles. The molecule has 0 aliphatic rings. The predicted octanol–water partition coefficient (Wildman–Crippen LogP) is 3.13. The van der Waals surface area contributed by atoms with Gasteiger partial charge in [0, 0.05) is 12.5 Å². The van der Waals surface area contributed by atoms with E-state index in [-0.39, 0.29) is 5.92 Å². The van der Waals surface area contributed by atoms with Gasteiger partial charge in [0.05, 0.1) is 7.11 Å². The van der Waals surface area contributed by atoms with Crippen molar-refractivity contribution in [1.29, 1.82) is 0 Å². The molecule has 118 valence electrons. The molecular formula is C19H25NO2. The maximum absolute atomic E-state index is 11.6. The SMILES string of the molecule is COc1ccc([C@@](O)(c2ccccc2)[C@@H](C)CN(C)C)cc1. The van der Waals surface area contributed by atoms with Crippen LogP contribution in [-0.2, 0) is 5.60 Å². The van der Waals surface area contributed by atoms with Crippen molar-refractivity contribution in [3.05, 3.63) is 65.7 Å². The fourth-order valence-electron chi connectivity index (χ4n) is 2.95. The van der Waals surface area contributed by atoms with E-state index in [0.29, 0.717) is 0 Å². The first-order valence-electron chi connectivity index (χ1n) is 7.55. The summed E-state index contributed by atoms with van der Waals surface area (Å²) in [4.78, 5) is 2.10. The highest BCUT2D eigenvalue weighted by molar-refractivity contribution is 5.39. The van der Waals surface area contributed by atoms with Gasteiger partial charge >= 0.3 is 0 Å². The summed E-state index contributed by atoms with van der Waals surface area (Å²) >= 11 is 0. The standard InChI is InChI=1S/C19H25NO2/c1-15(14-20(2)3)19(21,16-8-6-5-7-9-16)17-10-12-18(22-4)13-11-17/h5-13,15,21H,14H2,1-4H3/t15-,19-/m0/s1. The number of aliphatic hydroxyl groups is 1. The Kier molecular flexibility index (Phi) is 5.22. The molecule has 2 aromatic rings. The van der Waals surface area contributed by atoms with E-state index in [2.05, 4.69) is 11.8 Å². The lowest BCUT2D eigenvalue weighted by atomic mass is 9.76. The molecule has 3 nitrogen and oxygen atoms in total. The van der Waals surface area contributed by atoms with Gasteiger partial charge in [-0.05, 0) is 37.4 Å². The second-order valence-corrected chi connectivity index (χ2v) is 6.02. The second-order valence-electron chi connectivity index (χ2n) is 6.02. The highest BCUT2D eigenvalue weighted by Gasteiger charge is 2.37. The van der Waals surface area contributed by atoms with Gasteiger partial charge in [0.15, 0.2) is 0 Å². The largest absolute Gasteiger partial charge is 0.497 e. The van der Waals surface area contributed by atoms with Crippen LogP contribution in [0.4, 0.5) is 0 Å². The van der Waals surface area contributed by atoms with Gasteiger partial charge in [0.1, 0.15) is 11.4 Å². The Balaban J connectivity index is 2.49. The summed E-state index contributed by atoms with van der Waals surface area (Å²) in [5.74, 6) is 0.831. The number of nitrogens with zero attached hydrogens (tertiary/aromatic N) is 1. The molecule has 0 aromatic heterocycles. The fourth-order valence-corrected chi connectivity index (χ4v) is 2.95. The maximum atomic E-state index is 11.6. The molecule has 0 bridgehead atoms. The zero-order chi connectivity index (χ0) is 16.2. The number of hydrogen-bond donors (Lipinski definition) is 1. The average molecular weight is 299 g/mol. The molecule has 0 radical (unpaired) electrons. The summed E-state index contributed by atoms with van der Waals surface area (Å²) in [6.07, 6.45) is 0. The smallest absolute Gasteiger partial charge is 0.118 e. The minimum atomic E-state index is -1.03. The van der Waals surface area contributed by atoms with E-state index in [1.165, 1.54) is 0 Å². The van der Waals surface area contributed by atoms with Crippen LogP contribution in [0, 0.1) is 5.92 Å². The molecular weight excluding hydrogens is 274 g/mol. The van der Waals surface area contributed by atoms with Gasteiger partial charge in [0.25, 0.3) is 0 Å². The average Bonchev–Trinajstić information content (AvgIpc) is 2.54. The summed E-state index contributed by atoms with van der Waals surface area (Å²) in [6.45, 7) is 2.87. The van der Waals surface area contributed by atoms with Crippen molar-refractivity contribution in [1.82, 2.24) is 4.90 Å². The molecule has 0 fully saturated rings. The molecule has 0 aliphatic carbocycles. The Morgan fingerprint density at radius 1 is 1.00 bits per heavy atom. The second kappa shape index (κ2) is 6.95. The van der Waals surface area contributed by atoms with E-state index in [1.807, 2.05) is 68.7 Å². The fraction of sp³-hybridized carbons (Fsp3) is 0.368. The lowest BCUT2D eigenvalue weighted by Crippen LogP contribution is -2.40. The Morgan fingerprint density at radius 3 is 2.05 bits per heavy atom. The molecule has 1 N–H and O–H groups in total. The van der Waals surface area contributed by atoms with E-state index in [0.717, 1.165) is 23.4 Å². The number of methoxy groups -OCH3 is 1. The van der Waals surface area contributed by atoms with E-state index >= 15 is 0 Å². The lowest BCUT2D eigenvalue weighted by molar-refractivity contribution is 0.0134. The number of hydrogen-bond acceptors (Lipinski definition) is 3. The van der Waals surface area contributed by atoms with Crippen LogP contribution in [0.1, 0.15) is 18.1 Å². The molecule has 2 atom stereocenters. The third-order valence-electron chi connectivity index (χ3n) is 4.10. The van der Waals surface area contributed by atoms with Crippen molar-refractivity contribution in [3.63, 3.8) is 0 Å². The van der Waals surface area contributed by atoms with Crippen molar-refractivity contribution < 1.29 is 9.84 Å². The number of benzene rings is 2. The Hall–Kier alpha value is -1.84. The Bertz CT molecular complexity index is 580.